The Bertz CT molecular complexity index is 413. The highest BCUT2D eigenvalue weighted by Crippen LogP contribution is 2.21. The van der Waals surface area contributed by atoms with Crippen molar-refractivity contribution in [1.29, 1.82) is 0 Å². The van der Waals surface area contributed by atoms with Crippen molar-refractivity contribution >= 4 is 11.3 Å². The first kappa shape index (κ1) is 10.1. The lowest BCUT2D eigenvalue weighted by atomic mass is 10.3. The lowest BCUT2D eigenvalue weighted by Gasteiger charge is -1.93. The third-order valence-corrected chi connectivity index (χ3v) is 2.80. The predicted molar refractivity (Wildman–Crippen MR) is 58.3 cm³/mol. The van der Waals surface area contributed by atoms with E-state index in [4.69, 9.17) is 0 Å². The number of rotatable bonds is 4. The molecule has 0 aromatic carbocycles. The first-order chi connectivity index (χ1) is 7.40. The van der Waals surface area contributed by atoms with Gasteiger partial charge >= 0.3 is 0 Å². The van der Waals surface area contributed by atoms with Crippen molar-refractivity contribution in [3.63, 3.8) is 0 Å². The summed E-state index contributed by atoms with van der Waals surface area (Å²) in [5.74, 6) is 0. The maximum atomic E-state index is 4.10. The molecule has 78 valence electrons. The van der Waals surface area contributed by atoms with Gasteiger partial charge in [0.1, 0.15) is 10.0 Å². The van der Waals surface area contributed by atoms with Crippen molar-refractivity contribution in [2.24, 2.45) is 0 Å². The van der Waals surface area contributed by atoms with Crippen LogP contribution in [0.5, 0.6) is 0 Å². The van der Waals surface area contributed by atoms with E-state index in [2.05, 4.69) is 32.6 Å². The highest BCUT2D eigenvalue weighted by molar-refractivity contribution is 7.14. The van der Waals surface area contributed by atoms with Crippen molar-refractivity contribution in [3.05, 3.63) is 23.5 Å². The number of hydrogen-bond donors (Lipinski definition) is 1. The molecule has 0 atom stereocenters. The van der Waals surface area contributed by atoms with Crippen molar-refractivity contribution in [1.82, 2.24) is 25.7 Å². The Morgan fingerprint density at radius 3 is 3.00 bits per heavy atom. The number of aromatic nitrogens is 4. The van der Waals surface area contributed by atoms with Crippen LogP contribution >= 0.6 is 11.3 Å². The molecule has 0 saturated carbocycles. The largest absolute Gasteiger partial charge is 0.311 e. The Hall–Kier alpha value is -1.40. The minimum atomic E-state index is 0.771. The molecule has 2 aromatic rings. The maximum Gasteiger partial charge on any atom is 0.149 e. The number of hydrogen-bond acceptors (Lipinski definition) is 6. The molecule has 0 unspecified atom stereocenters. The summed E-state index contributed by atoms with van der Waals surface area (Å²) in [6.45, 7) is 3.77. The van der Waals surface area contributed by atoms with Gasteiger partial charge in [0.2, 0.25) is 0 Å². The van der Waals surface area contributed by atoms with Gasteiger partial charge in [0, 0.05) is 12.1 Å². The summed E-state index contributed by atoms with van der Waals surface area (Å²) in [4.78, 5) is 0. The zero-order valence-electron chi connectivity index (χ0n) is 8.34. The van der Waals surface area contributed by atoms with Gasteiger partial charge < -0.3 is 5.32 Å². The van der Waals surface area contributed by atoms with E-state index in [0.717, 1.165) is 28.7 Å². The topological polar surface area (TPSA) is 63.6 Å². The summed E-state index contributed by atoms with van der Waals surface area (Å²) in [6.07, 6.45) is 3.35. The van der Waals surface area contributed by atoms with Crippen molar-refractivity contribution in [3.8, 4) is 10.6 Å². The molecular weight excluding hydrogens is 210 g/mol. The molecule has 0 spiro atoms. The van der Waals surface area contributed by atoms with Crippen LogP contribution in [-0.4, -0.2) is 26.9 Å². The lowest BCUT2D eigenvalue weighted by molar-refractivity contribution is 0.715. The van der Waals surface area contributed by atoms with Gasteiger partial charge in [0.25, 0.3) is 0 Å². The van der Waals surface area contributed by atoms with E-state index in [1.54, 1.807) is 23.7 Å². The molecule has 15 heavy (non-hydrogen) atoms. The van der Waals surface area contributed by atoms with Crippen molar-refractivity contribution < 1.29 is 0 Å². The molecule has 0 radical (unpaired) electrons. The minimum absolute atomic E-state index is 0.771. The SMILES string of the molecule is CCNCc1nnc(-c2ccnnc2)s1. The highest BCUT2D eigenvalue weighted by atomic mass is 32.1. The first-order valence-corrected chi connectivity index (χ1v) is 5.52. The van der Waals surface area contributed by atoms with E-state index in [-0.39, 0.29) is 0 Å². The molecule has 2 heterocycles. The Balaban J connectivity index is 2.14. The summed E-state index contributed by atoms with van der Waals surface area (Å²) in [5.41, 5.74) is 0.963. The fourth-order valence-electron chi connectivity index (χ4n) is 1.09. The van der Waals surface area contributed by atoms with Gasteiger partial charge in [0.05, 0.1) is 12.4 Å². The summed E-state index contributed by atoms with van der Waals surface area (Å²) in [5, 5.41) is 20.8. The molecule has 2 rings (SSSR count). The monoisotopic (exact) mass is 221 g/mol. The molecule has 6 heteroatoms. The fourth-order valence-corrected chi connectivity index (χ4v) is 1.89. The standard InChI is InChI=1S/C9H11N5S/c1-2-10-6-8-13-14-9(15-8)7-3-4-11-12-5-7/h3-5,10H,2,6H2,1H3. The zero-order valence-corrected chi connectivity index (χ0v) is 9.16. The first-order valence-electron chi connectivity index (χ1n) is 4.70. The van der Waals surface area contributed by atoms with Crippen LogP contribution in [0.15, 0.2) is 18.5 Å². The van der Waals surface area contributed by atoms with Crippen molar-refractivity contribution in [2.45, 2.75) is 13.5 Å². The van der Waals surface area contributed by atoms with E-state index >= 15 is 0 Å². The van der Waals surface area contributed by atoms with Gasteiger partial charge in [-0.15, -0.1) is 10.2 Å². The Morgan fingerprint density at radius 1 is 1.33 bits per heavy atom. The van der Waals surface area contributed by atoms with Crippen LogP contribution in [0.25, 0.3) is 10.6 Å². The van der Waals surface area contributed by atoms with Gasteiger partial charge in [-0.05, 0) is 12.6 Å². The normalized spacial score (nSPS) is 10.5. The van der Waals surface area contributed by atoms with Gasteiger partial charge in [-0.2, -0.15) is 10.2 Å². The fraction of sp³-hybridized carbons (Fsp3) is 0.333. The van der Waals surface area contributed by atoms with Crippen LogP contribution in [-0.2, 0) is 6.54 Å². The van der Waals surface area contributed by atoms with Crippen molar-refractivity contribution in [2.75, 3.05) is 6.54 Å². The molecule has 5 nitrogen and oxygen atoms in total. The summed E-state index contributed by atoms with van der Waals surface area (Å²) in [6, 6.07) is 1.88. The third kappa shape index (κ3) is 2.54. The molecule has 0 bridgehead atoms. The molecule has 0 aliphatic carbocycles. The summed E-state index contributed by atoms with van der Waals surface area (Å²) in [7, 11) is 0. The van der Waals surface area contributed by atoms with Crippen LogP contribution in [0.4, 0.5) is 0 Å². The molecule has 1 N–H and O–H groups in total. The van der Waals surface area contributed by atoms with E-state index in [9.17, 15) is 0 Å². The average molecular weight is 221 g/mol. The Kier molecular flexibility index (Phi) is 3.31. The van der Waals surface area contributed by atoms with Crippen LogP contribution < -0.4 is 5.32 Å². The van der Waals surface area contributed by atoms with E-state index in [1.807, 2.05) is 6.07 Å². The molecule has 0 fully saturated rings. The average Bonchev–Trinajstić information content (AvgIpc) is 2.76. The van der Waals surface area contributed by atoms with Gasteiger partial charge in [-0.25, -0.2) is 0 Å². The number of nitrogens with zero attached hydrogens (tertiary/aromatic N) is 4. The van der Waals surface area contributed by atoms with Crippen LogP contribution in [0.3, 0.4) is 0 Å². The Morgan fingerprint density at radius 2 is 2.27 bits per heavy atom. The van der Waals surface area contributed by atoms with Gasteiger partial charge in [0.15, 0.2) is 0 Å². The highest BCUT2D eigenvalue weighted by Gasteiger charge is 2.05. The quantitative estimate of drug-likeness (QED) is 0.837. The molecule has 0 amide bonds. The molecule has 0 aliphatic heterocycles. The second-order valence-electron chi connectivity index (χ2n) is 2.91. The minimum Gasteiger partial charge on any atom is -0.311 e. The van der Waals surface area contributed by atoms with E-state index in [1.165, 1.54) is 0 Å². The molecule has 2 aromatic heterocycles. The Labute approximate surface area is 91.6 Å². The molecular formula is C9H11N5S. The summed E-state index contributed by atoms with van der Waals surface area (Å²) >= 11 is 1.57. The van der Waals surface area contributed by atoms with Gasteiger partial charge in [-0.3, -0.25) is 0 Å². The van der Waals surface area contributed by atoms with Crippen LogP contribution in [0, 0.1) is 0 Å². The maximum absolute atomic E-state index is 4.10. The second-order valence-corrected chi connectivity index (χ2v) is 3.97. The van der Waals surface area contributed by atoms with E-state index in [0.29, 0.717) is 0 Å². The van der Waals surface area contributed by atoms with Crippen LogP contribution in [0.1, 0.15) is 11.9 Å². The second kappa shape index (κ2) is 4.90. The molecule has 0 aliphatic rings. The number of nitrogens with one attached hydrogen (secondary N) is 1. The molecule has 0 saturated heterocycles. The summed E-state index contributed by atoms with van der Waals surface area (Å²) < 4.78 is 0. The smallest absolute Gasteiger partial charge is 0.149 e. The predicted octanol–water partition coefficient (Wildman–Crippen LogP) is 1.10. The lowest BCUT2D eigenvalue weighted by Crippen LogP contribution is -2.11. The van der Waals surface area contributed by atoms with E-state index < -0.39 is 0 Å². The zero-order chi connectivity index (χ0) is 10.5. The third-order valence-electron chi connectivity index (χ3n) is 1.82. The van der Waals surface area contributed by atoms with Gasteiger partial charge in [-0.1, -0.05) is 18.3 Å². The van der Waals surface area contributed by atoms with Crippen LogP contribution in [0.2, 0.25) is 0 Å².